The molecule has 2 N–H and O–H groups in total. The number of halogens is 1. The first-order chi connectivity index (χ1) is 13.9. The lowest BCUT2D eigenvalue weighted by Gasteiger charge is -2.17. The van der Waals surface area contributed by atoms with Gasteiger partial charge in [0.15, 0.2) is 15.1 Å². The zero-order valence-electron chi connectivity index (χ0n) is 16.1. The summed E-state index contributed by atoms with van der Waals surface area (Å²) in [6.07, 6.45) is 4.53. The highest BCUT2D eigenvalue weighted by Gasteiger charge is 2.25. The van der Waals surface area contributed by atoms with Crippen LogP contribution in [0.2, 0.25) is 5.15 Å². The van der Waals surface area contributed by atoms with Crippen LogP contribution in [0.4, 0.5) is 5.69 Å². The highest BCUT2D eigenvalue weighted by Crippen LogP contribution is 2.29. The van der Waals surface area contributed by atoms with E-state index < -0.39 is 10.0 Å². The van der Waals surface area contributed by atoms with Crippen LogP contribution in [0.1, 0.15) is 19.4 Å². The van der Waals surface area contributed by atoms with Gasteiger partial charge in [0.05, 0.1) is 0 Å². The lowest BCUT2D eigenvalue weighted by atomic mass is 10.1. The minimum absolute atomic E-state index is 0.0352. The third-order valence-electron chi connectivity index (χ3n) is 5.04. The topological polar surface area (TPSA) is 82.5 Å². The fourth-order valence-corrected chi connectivity index (χ4v) is 5.95. The number of likely N-dealkylation sites (N-methyl/N-ethyl adjacent to an activating group) is 1. The molecule has 0 aliphatic rings. The zero-order chi connectivity index (χ0) is 20.6. The van der Waals surface area contributed by atoms with Crippen molar-refractivity contribution in [3.05, 3.63) is 46.7 Å². The number of H-pyrrole nitrogens is 1. The molecule has 1 aromatic carbocycles. The number of fused-ring (bicyclic) bond motifs is 2. The molecule has 0 aliphatic heterocycles. The molecule has 0 atom stereocenters. The summed E-state index contributed by atoms with van der Waals surface area (Å²) in [5.41, 5.74) is 2.63. The number of imidazole rings is 1. The van der Waals surface area contributed by atoms with E-state index in [1.165, 1.54) is 15.7 Å². The number of anilines is 1. The summed E-state index contributed by atoms with van der Waals surface area (Å²) in [5, 5.41) is 2.70. The highest BCUT2D eigenvalue weighted by atomic mass is 35.5. The minimum atomic E-state index is -3.89. The summed E-state index contributed by atoms with van der Waals surface area (Å²) in [5.74, 6) is 0. The molecule has 4 aromatic rings. The maximum absolute atomic E-state index is 13.0. The zero-order valence-corrected chi connectivity index (χ0v) is 18.5. The van der Waals surface area contributed by atoms with Crippen molar-refractivity contribution in [1.29, 1.82) is 0 Å². The van der Waals surface area contributed by atoms with Crippen LogP contribution in [0.5, 0.6) is 0 Å². The van der Waals surface area contributed by atoms with Crippen molar-refractivity contribution in [3.8, 4) is 0 Å². The number of aromatic amines is 1. The molecule has 29 heavy (non-hydrogen) atoms. The molecule has 0 radical (unpaired) electrons. The second-order valence-corrected chi connectivity index (χ2v) is 9.55. The van der Waals surface area contributed by atoms with Gasteiger partial charge in [-0.1, -0.05) is 25.4 Å². The van der Waals surface area contributed by atoms with Gasteiger partial charge in [-0.05, 0) is 43.3 Å². The molecule has 0 bridgehead atoms. The molecule has 0 saturated carbocycles. The Morgan fingerprint density at radius 1 is 1.31 bits per heavy atom. The van der Waals surface area contributed by atoms with Crippen molar-refractivity contribution >= 4 is 54.5 Å². The molecule has 154 valence electrons. The molecule has 0 spiro atoms. The maximum atomic E-state index is 13.0. The van der Waals surface area contributed by atoms with Crippen LogP contribution in [-0.2, 0) is 16.4 Å². The Kier molecular flexibility index (Phi) is 5.56. The van der Waals surface area contributed by atoms with Crippen LogP contribution >= 0.6 is 22.9 Å². The first-order valence-corrected chi connectivity index (χ1v) is 12.1. The fourth-order valence-electron chi connectivity index (χ4n) is 3.45. The van der Waals surface area contributed by atoms with Gasteiger partial charge in [-0.25, -0.2) is 4.98 Å². The quantitative estimate of drug-likeness (QED) is 0.420. The lowest BCUT2D eigenvalue weighted by molar-refractivity contribution is 0.308. The summed E-state index contributed by atoms with van der Waals surface area (Å²) >= 11 is 7.43. The van der Waals surface area contributed by atoms with Crippen molar-refractivity contribution in [2.24, 2.45) is 0 Å². The monoisotopic (exact) mass is 451 g/mol. The van der Waals surface area contributed by atoms with E-state index in [0.717, 1.165) is 42.5 Å². The number of nitrogens with one attached hydrogen (secondary N) is 2. The summed E-state index contributed by atoms with van der Waals surface area (Å²) in [4.78, 5) is 10.3. The Balaban J connectivity index is 1.63. The van der Waals surface area contributed by atoms with E-state index in [-0.39, 0.29) is 10.2 Å². The molecular formula is C19H22ClN5O2S2. The molecule has 0 amide bonds. The minimum Gasteiger partial charge on any atom is -0.361 e. The fraction of sp³-hybridized carbons (Fsp3) is 0.316. The smallest absolute Gasteiger partial charge is 0.281 e. The number of benzene rings is 1. The van der Waals surface area contributed by atoms with Gasteiger partial charge < -0.3 is 9.88 Å². The molecule has 4 rings (SSSR count). The molecule has 0 saturated heterocycles. The molecule has 3 aromatic heterocycles. The van der Waals surface area contributed by atoms with Crippen LogP contribution in [0.15, 0.2) is 41.0 Å². The van der Waals surface area contributed by atoms with Crippen molar-refractivity contribution in [2.75, 3.05) is 24.4 Å². The third-order valence-corrected chi connectivity index (χ3v) is 7.58. The maximum Gasteiger partial charge on any atom is 0.281 e. The van der Waals surface area contributed by atoms with E-state index >= 15 is 0 Å². The Morgan fingerprint density at radius 2 is 2.10 bits per heavy atom. The Labute approximate surface area is 178 Å². The molecule has 3 heterocycles. The van der Waals surface area contributed by atoms with E-state index in [1.54, 1.807) is 17.6 Å². The number of sulfonamides is 1. The van der Waals surface area contributed by atoms with Gasteiger partial charge >= 0.3 is 0 Å². The van der Waals surface area contributed by atoms with E-state index in [9.17, 15) is 8.42 Å². The van der Waals surface area contributed by atoms with Gasteiger partial charge in [-0.3, -0.25) is 9.12 Å². The molecule has 0 aliphatic carbocycles. The van der Waals surface area contributed by atoms with Gasteiger partial charge in [0.1, 0.15) is 0 Å². The predicted molar refractivity (Wildman–Crippen MR) is 119 cm³/mol. The average molecular weight is 452 g/mol. The predicted octanol–water partition coefficient (Wildman–Crippen LogP) is 4.22. The molecular weight excluding hydrogens is 430 g/mol. The third kappa shape index (κ3) is 3.87. The number of hydrogen-bond acceptors (Lipinski definition) is 5. The van der Waals surface area contributed by atoms with E-state index in [1.807, 2.05) is 18.3 Å². The van der Waals surface area contributed by atoms with Gasteiger partial charge in [0.25, 0.3) is 10.0 Å². The van der Waals surface area contributed by atoms with Crippen LogP contribution in [0.3, 0.4) is 0 Å². The van der Waals surface area contributed by atoms with Gasteiger partial charge in [0.2, 0.25) is 0 Å². The van der Waals surface area contributed by atoms with Crippen LogP contribution in [-0.4, -0.2) is 47.3 Å². The van der Waals surface area contributed by atoms with Crippen molar-refractivity contribution < 1.29 is 8.42 Å². The SMILES string of the molecule is CCN(CC)CCc1c[nH]c2ccc(NS(=O)(=O)c3c(Cl)nc4sccn34)cc12. The van der Waals surface area contributed by atoms with Crippen molar-refractivity contribution in [3.63, 3.8) is 0 Å². The molecule has 10 heteroatoms. The first kappa shape index (κ1) is 20.2. The Hall–Kier alpha value is -2.07. The normalized spacial score (nSPS) is 12.4. The van der Waals surface area contributed by atoms with Crippen LogP contribution < -0.4 is 4.72 Å². The largest absolute Gasteiger partial charge is 0.361 e. The second kappa shape index (κ2) is 7.98. The highest BCUT2D eigenvalue weighted by molar-refractivity contribution is 7.92. The van der Waals surface area contributed by atoms with Crippen LogP contribution in [0, 0.1) is 0 Å². The number of rotatable bonds is 8. The van der Waals surface area contributed by atoms with E-state index in [0.29, 0.717) is 10.6 Å². The molecule has 7 nitrogen and oxygen atoms in total. The molecule has 0 unspecified atom stereocenters. The second-order valence-electron chi connectivity index (χ2n) is 6.72. The van der Waals surface area contributed by atoms with Crippen LogP contribution in [0.25, 0.3) is 15.9 Å². The Morgan fingerprint density at radius 3 is 2.86 bits per heavy atom. The first-order valence-electron chi connectivity index (χ1n) is 9.39. The van der Waals surface area contributed by atoms with Crippen molar-refractivity contribution in [2.45, 2.75) is 25.3 Å². The van der Waals surface area contributed by atoms with Gasteiger partial charge in [-0.15, -0.1) is 11.3 Å². The number of thiazole rings is 1. The molecule has 0 fully saturated rings. The summed E-state index contributed by atoms with van der Waals surface area (Å²) in [7, 11) is -3.89. The number of nitrogens with zero attached hydrogens (tertiary/aromatic N) is 3. The lowest BCUT2D eigenvalue weighted by Crippen LogP contribution is -2.25. The van der Waals surface area contributed by atoms with Crippen molar-refractivity contribution in [1.82, 2.24) is 19.3 Å². The summed E-state index contributed by atoms with van der Waals surface area (Å²) in [6.45, 7) is 7.27. The number of aromatic nitrogens is 3. The van der Waals surface area contributed by atoms with E-state index in [4.69, 9.17) is 11.6 Å². The van der Waals surface area contributed by atoms with Gasteiger partial charge in [-0.2, -0.15) is 8.42 Å². The Bertz CT molecular complexity index is 1250. The van der Waals surface area contributed by atoms with Gasteiger partial charge in [0, 0.05) is 40.9 Å². The summed E-state index contributed by atoms with van der Waals surface area (Å²) < 4.78 is 30.1. The van der Waals surface area contributed by atoms with E-state index in [2.05, 4.69) is 33.4 Å². The number of hydrogen-bond donors (Lipinski definition) is 2. The summed E-state index contributed by atoms with van der Waals surface area (Å²) in [6, 6.07) is 5.48. The average Bonchev–Trinajstić information content (AvgIpc) is 3.36. The standard InChI is InChI=1S/C19H22ClN5O2S2/c1-3-24(4-2)8-7-13-12-21-16-6-5-14(11-15(13)16)23-29(26,27)18-17(20)22-19-25(18)9-10-28-19/h5-6,9-12,21,23H,3-4,7-8H2,1-2H3.